The van der Waals surface area contributed by atoms with Gasteiger partial charge in [0.15, 0.2) is 5.16 Å². The Kier molecular flexibility index (Phi) is 5.79. The fourth-order valence-corrected chi connectivity index (χ4v) is 4.31. The first-order valence-corrected chi connectivity index (χ1v) is 10.5. The minimum absolute atomic E-state index is 0.688. The zero-order valence-corrected chi connectivity index (χ0v) is 17.0. The van der Waals surface area contributed by atoms with E-state index in [9.17, 15) is 0 Å². The van der Waals surface area contributed by atoms with Crippen LogP contribution in [0.5, 0.6) is 0 Å². The Morgan fingerprint density at radius 3 is 2.57 bits per heavy atom. The van der Waals surface area contributed by atoms with Crippen molar-refractivity contribution in [2.24, 2.45) is 0 Å². The van der Waals surface area contributed by atoms with Gasteiger partial charge in [0.2, 0.25) is 0 Å². The Balaban J connectivity index is 1.56. The molecule has 4 aromatic rings. The van der Waals surface area contributed by atoms with E-state index in [1.54, 1.807) is 11.8 Å². The molecule has 0 aliphatic rings. The van der Waals surface area contributed by atoms with Gasteiger partial charge in [0.1, 0.15) is 5.82 Å². The fraction of sp³-hybridized carbons (Fsp3) is 0.130. The summed E-state index contributed by atoms with van der Waals surface area (Å²) in [7, 11) is 0. The lowest BCUT2D eigenvalue weighted by atomic mass is 10.1. The second-order valence-electron chi connectivity index (χ2n) is 6.53. The molecule has 0 radical (unpaired) electrons. The van der Waals surface area contributed by atoms with E-state index in [4.69, 9.17) is 11.6 Å². The number of rotatable bonds is 7. The normalized spacial score (nSPS) is 11.0. The van der Waals surface area contributed by atoms with Crippen LogP contribution in [0.1, 0.15) is 17.0 Å². The summed E-state index contributed by atoms with van der Waals surface area (Å²) < 4.78 is 2.14. The Labute approximate surface area is 174 Å². The van der Waals surface area contributed by atoms with Crippen LogP contribution in [0, 0.1) is 0 Å². The molecule has 0 aliphatic heterocycles. The topological polar surface area (TPSA) is 30.7 Å². The molecule has 0 atom stereocenters. The van der Waals surface area contributed by atoms with Gasteiger partial charge in [0.05, 0.1) is 0 Å². The molecule has 3 nitrogen and oxygen atoms in total. The van der Waals surface area contributed by atoms with Crippen LogP contribution in [-0.4, -0.2) is 14.8 Å². The van der Waals surface area contributed by atoms with E-state index < -0.39 is 0 Å². The van der Waals surface area contributed by atoms with Gasteiger partial charge >= 0.3 is 0 Å². The van der Waals surface area contributed by atoms with E-state index in [1.807, 2.05) is 30.3 Å². The van der Waals surface area contributed by atoms with E-state index in [-0.39, 0.29) is 0 Å². The second-order valence-corrected chi connectivity index (χ2v) is 7.91. The third kappa shape index (κ3) is 4.13. The lowest BCUT2D eigenvalue weighted by molar-refractivity contribution is 0.690. The number of fused-ring (bicyclic) bond motifs is 1. The van der Waals surface area contributed by atoms with Crippen molar-refractivity contribution in [1.82, 2.24) is 14.8 Å². The number of benzene rings is 3. The quantitative estimate of drug-likeness (QED) is 0.272. The molecule has 0 spiro atoms. The fourth-order valence-electron chi connectivity index (χ4n) is 3.21. The van der Waals surface area contributed by atoms with Crippen molar-refractivity contribution in [3.8, 4) is 0 Å². The molecule has 0 saturated carbocycles. The van der Waals surface area contributed by atoms with Gasteiger partial charge in [0.25, 0.3) is 0 Å². The smallest absolute Gasteiger partial charge is 0.191 e. The molecule has 1 aromatic heterocycles. The molecule has 140 valence electrons. The molecule has 0 aliphatic carbocycles. The molecule has 0 unspecified atom stereocenters. The number of hydrogen-bond donors (Lipinski definition) is 0. The summed E-state index contributed by atoms with van der Waals surface area (Å²) in [5, 5.41) is 13.1. The molecule has 0 fully saturated rings. The van der Waals surface area contributed by atoms with Crippen LogP contribution < -0.4 is 0 Å². The minimum Gasteiger partial charge on any atom is -0.302 e. The number of thioether (sulfide) groups is 1. The zero-order valence-electron chi connectivity index (χ0n) is 15.4. The van der Waals surface area contributed by atoms with Crippen LogP contribution in [0.25, 0.3) is 10.8 Å². The first-order valence-electron chi connectivity index (χ1n) is 9.11. The molecule has 0 amide bonds. The first kappa shape index (κ1) is 18.8. The predicted octanol–water partition coefficient (Wildman–Crippen LogP) is 6.15. The highest BCUT2D eigenvalue weighted by atomic mass is 35.5. The number of hydrogen-bond acceptors (Lipinski definition) is 3. The molecular weight excluding hydrogens is 386 g/mol. The highest BCUT2D eigenvalue weighted by molar-refractivity contribution is 7.98. The largest absolute Gasteiger partial charge is 0.302 e. The highest BCUT2D eigenvalue weighted by Crippen LogP contribution is 2.27. The van der Waals surface area contributed by atoms with Crippen molar-refractivity contribution < 1.29 is 0 Å². The summed E-state index contributed by atoms with van der Waals surface area (Å²) in [6, 6.07) is 22.8. The lowest BCUT2D eigenvalue weighted by Crippen LogP contribution is -2.05. The maximum absolute atomic E-state index is 5.99. The van der Waals surface area contributed by atoms with Crippen LogP contribution in [0.15, 0.2) is 84.5 Å². The van der Waals surface area contributed by atoms with Crippen molar-refractivity contribution in [3.63, 3.8) is 0 Å². The van der Waals surface area contributed by atoms with Crippen molar-refractivity contribution in [1.29, 1.82) is 0 Å². The average molecular weight is 406 g/mol. The van der Waals surface area contributed by atoms with E-state index in [0.717, 1.165) is 27.3 Å². The zero-order chi connectivity index (χ0) is 19.3. The number of halogens is 1. The first-order chi connectivity index (χ1) is 13.7. The van der Waals surface area contributed by atoms with Gasteiger partial charge in [-0.25, -0.2) is 0 Å². The average Bonchev–Trinajstić information content (AvgIpc) is 3.10. The number of allylic oxidation sites excluding steroid dienone is 1. The third-order valence-corrected chi connectivity index (χ3v) is 5.88. The molecule has 4 rings (SSSR count). The summed E-state index contributed by atoms with van der Waals surface area (Å²) in [5.74, 6) is 1.78. The molecular formula is C23H20ClN3S. The maximum atomic E-state index is 5.99. The Hall–Kier alpha value is -2.56. The Morgan fingerprint density at radius 2 is 1.75 bits per heavy atom. The van der Waals surface area contributed by atoms with E-state index >= 15 is 0 Å². The van der Waals surface area contributed by atoms with Crippen LogP contribution in [0.2, 0.25) is 5.02 Å². The third-order valence-electron chi connectivity index (χ3n) is 4.62. The summed E-state index contributed by atoms with van der Waals surface area (Å²) in [6.45, 7) is 4.58. The molecule has 28 heavy (non-hydrogen) atoms. The predicted molar refractivity (Wildman–Crippen MR) is 118 cm³/mol. The highest BCUT2D eigenvalue weighted by Gasteiger charge is 2.13. The van der Waals surface area contributed by atoms with Gasteiger partial charge in [-0.1, -0.05) is 84.0 Å². The van der Waals surface area contributed by atoms with Gasteiger partial charge in [-0.3, -0.25) is 0 Å². The number of aromatic nitrogens is 3. The summed E-state index contributed by atoms with van der Waals surface area (Å²) >= 11 is 7.70. The molecule has 0 N–H and O–H groups in total. The van der Waals surface area contributed by atoms with Crippen molar-refractivity contribution in [2.75, 3.05) is 0 Å². The summed E-state index contributed by atoms with van der Waals surface area (Å²) in [6.07, 6.45) is 2.60. The van der Waals surface area contributed by atoms with Gasteiger partial charge in [-0.15, -0.1) is 16.8 Å². The van der Waals surface area contributed by atoms with Crippen molar-refractivity contribution in [2.45, 2.75) is 23.9 Å². The molecule has 0 saturated heterocycles. The van der Waals surface area contributed by atoms with Gasteiger partial charge in [-0.2, -0.15) is 0 Å². The standard InChI is InChI=1S/C23H20ClN3S/c1-2-14-27-22(15-17-10-12-20(24)13-11-17)25-26-23(27)28-16-19-8-5-7-18-6-3-4-9-21(18)19/h2-13H,1,14-16H2. The van der Waals surface area contributed by atoms with Crippen LogP contribution >= 0.6 is 23.4 Å². The number of nitrogens with zero attached hydrogens (tertiary/aromatic N) is 3. The van der Waals surface area contributed by atoms with Crippen molar-refractivity contribution in [3.05, 3.63) is 101 Å². The van der Waals surface area contributed by atoms with Crippen LogP contribution in [0.3, 0.4) is 0 Å². The van der Waals surface area contributed by atoms with E-state index in [0.29, 0.717) is 13.0 Å². The maximum Gasteiger partial charge on any atom is 0.191 e. The minimum atomic E-state index is 0.688. The van der Waals surface area contributed by atoms with Gasteiger partial charge < -0.3 is 4.57 Å². The summed E-state index contributed by atoms with van der Waals surface area (Å²) in [4.78, 5) is 0. The van der Waals surface area contributed by atoms with Crippen LogP contribution in [-0.2, 0) is 18.7 Å². The monoisotopic (exact) mass is 405 g/mol. The Bertz CT molecular complexity index is 1100. The van der Waals surface area contributed by atoms with Crippen molar-refractivity contribution >= 4 is 34.1 Å². The molecule has 3 aromatic carbocycles. The second kappa shape index (κ2) is 8.63. The SMILES string of the molecule is C=CCn1c(Cc2ccc(Cl)cc2)nnc1SCc1cccc2ccccc12. The van der Waals surface area contributed by atoms with Gasteiger partial charge in [-0.05, 0) is 34.0 Å². The summed E-state index contributed by atoms with van der Waals surface area (Å²) in [5.41, 5.74) is 2.46. The molecule has 1 heterocycles. The lowest BCUT2D eigenvalue weighted by Gasteiger charge is -2.09. The van der Waals surface area contributed by atoms with E-state index in [1.165, 1.54) is 16.3 Å². The molecule has 0 bridgehead atoms. The van der Waals surface area contributed by atoms with Crippen LogP contribution in [0.4, 0.5) is 0 Å². The molecule has 5 heteroatoms. The van der Waals surface area contributed by atoms with E-state index in [2.05, 4.69) is 63.8 Å². The Morgan fingerprint density at radius 1 is 0.964 bits per heavy atom. The van der Waals surface area contributed by atoms with Gasteiger partial charge in [0, 0.05) is 23.7 Å².